The maximum Gasteiger partial charge on any atom is 0.411 e. The lowest BCUT2D eigenvalue weighted by atomic mass is 10.1. The first-order valence-electron chi connectivity index (χ1n) is 11.9. The van der Waals surface area contributed by atoms with Gasteiger partial charge in [-0.3, -0.25) is 14.7 Å². The van der Waals surface area contributed by atoms with Gasteiger partial charge in [-0.05, 0) is 70.7 Å². The van der Waals surface area contributed by atoms with Crippen molar-refractivity contribution in [1.82, 2.24) is 15.2 Å². The van der Waals surface area contributed by atoms with Crippen LogP contribution in [0.5, 0.6) is 0 Å². The Hall–Kier alpha value is -3.16. The van der Waals surface area contributed by atoms with Gasteiger partial charge in [0, 0.05) is 24.0 Å². The third-order valence-electron chi connectivity index (χ3n) is 6.52. The number of amides is 2. The van der Waals surface area contributed by atoms with Gasteiger partial charge in [-0.1, -0.05) is 23.7 Å². The Labute approximate surface area is 221 Å². The van der Waals surface area contributed by atoms with Crippen molar-refractivity contribution in [2.45, 2.75) is 74.3 Å². The number of benzene rings is 1. The summed E-state index contributed by atoms with van der Waals surface area (Å²) in [6, 6.07) is 9.32. The standard InChI is InChI=1S/C26H29ClN4O5S/c1-16-19(6-5-11-29-16)17-7-8-22(20(27)12-17)37(34,35)18-13-21(23(32)30-26(15-28)9-10-26)31(14-18)24(33)36-25(2,3)4/h5-8,11-12,18,21H,9-10,13-14H2,1-4H3,(H,30,32)/t18-,21+/m1/s1. The van der Waals surface area contributed by atoms with Crippen molar-refractivity contribution in [2.75, 3.05) is 6.54 Å². The predicted octanol–water partition coefficient (Wildman–Crippen LogP) is 4.03. The van der Waals surface area contributed by atoms with Crippen molar-refractivity contribution in [1.29, 1.82) is 5.26 Å². The van der Waals surface area contributed by atoms with Crippen molar-refractivity contribution < 1.29 is 22.7 Å². The Morgan fingerprint density at radius 2 is 1.97 bits per heavy atom. The second kappa shape index (κ2) is 9.62. The smallest absolute Gasteiger partial charge is 0.411 e. The molecule has 1 aliphatic heterocycles. The third kappa shape index (κ3) is 5.58. The topological polar surface area (TPSA) is 129 Å². The number of halogens is 1. The van der Waals surface area contributed by atoms with Crippen molar-refractivity contribution in [3.8, 4) is 17.2 Å². The van der Waals surface area contributed by atoms with E-state index in [1.54, 1.807) is 45.2 Å². The average Bonchev–Trinajstić information content (AvgIpc) is 3.42. The van der Waals surface area contributed by atoms with Gasteiger partial charge in [-0.2, -0.15) is 5.26 Å². The van der Waals surface area contributed by atoms with Crippen LogP contribution in [0.15, 0.2) is 41.4 Å². The van der Waals surface area contributed by atoms with E-state index in [1.165, 1.54) is 6.07 Å². The maximum absolute atomic E-state index is 13.7. The summed E-state index contributed by atoms with van der Waals surface area (Å²) in [6.45, 7) is 6.66. The van der Waals surface area contributed by atoms with Gasteiger partial charge in [-0.15, -0.1) is 0 Å². The molecule has 1 aromatic carbocycles. The van der Waals surface area contributed by atoms with E-state index in [-0.39, 0.29) is 22.9 Å². The zero-order valence-electron chi connectivity index (χ0n) is 21.1. The van der Waals surface area contributed by atoms with Crippen LogP contribution in [0.1, 0.15) is 45.7 Å². The van der Waals surface area contributed by atoms with Crippen molar-refractivity contribution in [3.63, 3.8) is 0 Å². The van der Waals surface area contributed by atoms with Crippen LogP contribution in [0.25, 0.3) is 11.1 Å². The first-order chi connectivity index (χ1) is 17.3. The minimum Gasteiger partial charge on any atom is -0.444 e. The monoisotopic (exact) mass is 544 g/mol. The second-order valence-electron chi connectivity index (χ2n) is 10.5. The molecule has 1 N–H and O–H groups in total. The second-order valence-corrected chi connectivity index (χ2v) is 13.1. The number of pyridine rings is 1. The molecule has 2 atom stereocenters. The van der Waals surface area contributed by atoms with Gasteiger partial charge in [0.05, 0.1) is 21.2 Å². The van der Waals surface area contributed by atoms with E-state index in [0.717, 1.165) is 21.7 Å². The normalized spacial score (nSPS) is 20.7. The summed E-state index contributed by atoms with van der Waals surface area (Å²) in [5.41, 5.74) is 0.520. The molecule has 2 heterocycles. The molecule has 1 saturated carbocycles. The highest BCUT2D eigenvalue weighted by atomic mass is 35.5. The number of likely N-dealkylation sites (tertiary alicyclic amines) is 1. The quantitative estimate of drug-likeness (QED) is 0.601. The van der Waals surface area contributed by atoms with Crippen LogP contribution in [0.4, 0.5) is 4.79 Å². The van der Waals surface area contributed by atoms with Gasteiger partial charge in [0.15, 0.2) is 9.84 Å². The minimum absolute atomic E-state index is 0.0406. The maximum atomic E-state index is 13.7. The van der Waals surface area contributed by atoms with Crippen LogP contribution < -0.4 is 5.32 Å². The molecule has 1 saturated heterocycles. The zero-order chi connectivity index (χ0) is 27.2. The molecule has 196 valence electrons. The lowest BCUT2D eigenvalue weighted by molar-refractivity contribution is -0.126. The average molecular weight is 545 g/mol. The molecule has 11 heteroatoms. The number of carbonyl (C=O) groups is 2. The van der Waals surface area contributed by atoms with Crippen LogP contribution in [0.3, 0.4) is 0 Å². The van der Waals surface area contributed by atoms with E-state index < -0.39 is 44.3 Å². The number of rotatable bonds is 5. The van der Waals surface area contributed by atoms with Crippen LogP contribution in [-0.4, -0.2) is 59.3 Å². The molecule has 9 nitrogen and oxygen atoms in total. The molecule has 2 aliphatic rings. The number of sulfone groups is 1. The van der Waals surface area contributed by atoms with Gasteiger partial charge in [0.1, 0.15) is 17.2 Å². The number of carbonyl (C=O) groups excluding carboxylic acids is 2. The summed E-state index contributed by atoms with van der Waals surface area (Å²) >= 11 is 6.47. The summed E-state index contributed by atoms with van der Waals surface area (Å²) in [5.74, 6) is -0.573. The van der Waals surface area contributed by atoms with E-state index >= 15 is 0 Å². The lowest BCUT2D eigenvalue weighted by Crippen LogP contribution is -2.50. The molecule has 4 rings (SSSR count). The highest BCUT2D eigenvalue weighted by molar-refractivity contribution is 7.92. The Morgan fingerprint density at radius 1 is 1.27 bits per heavy atom. The van der Waals surface area contributed by atoms with E-state index in [4.69, 9.17) is 16.3 Å². The van der Waals surface area contributed by atoms with E-state index in [1.807, 2.05) is 13.0 Å². The fraction of sp³-hybridized carbons (Fsp3) is 0.462. The molecular weight excluding hydrogens is 516 g/mol. The highest BCUT2D eigenvalue weighted by Crippen LogP contribution is 2.37. The largest absolute Gasteiger partial charge is 0.444 e. The number of nitrogens with one attached hydrogen (secondary N) is 1. The fourth-order valence-corrected chi connectivity index (χ4v) is 6.61. The fourth-order valence-electron chi connectivity index (χ4n) is 4.37. The molecule has 0 spiro atoms. The molecule has 0 unspecified atom stereocenters. The van der Waals surface area contributed by atoms with Gasteiger partial charge in [-0.25, -0.2) is 13.2 Å². The van der Waals surface area contributed by atoms with Crippen LogP contribution in [0, 0.1) is 18.3 Å². The Kier molecular flexibility index (Phi) is 6.99. The Morgan fingerprint density at radius 3 is 2.54 bits per heavy atom. The van der Waals surface area contributed by atoms with Crippen molar-refractivity contribution in [3.05, 3.63) is 47.2 Å². The number of ether oxygens (including phenoxy) is 1. The van der Waals surface area contributed by atoms with Crippen LogP contribution in [0.2, 0.25) is 5.02 Å². The summed E-state index contributed by atoms with van der Waals surface area (Å²) in [7, 11) is -4.03. The van der Waals surface area contributed by atoms with Gasteiger partial charge < -0.3 is 10.1 Å². The van der Waals surface area contributed by atoms with E-state index in [0.29, 0.717) is 12.8 Å². The predicted molar refractivity (Wildman–Crippen MR) is 137 cm³/mol. The minimum atomic E-state index is -4.03. The Bertz CT molecular complexity index is 1390. The number of nitrogens with zero attached hydrogens (tertiary/aromatic N) is 3. The molecule has 0 bridgehead atoms. The summed E-state index contributed by atoms with van der Waals surface area (Å²) in [5, 5.41) is 11.0. The molecule has 2 amide bonds. The van der Waals surface area contributed by atoms with Crippen LogP contribution >= 0.6 is 11.6 Å². The number of aryl methyl sites for hydroxylation is 1. The lowest BCUT2D eigenvalue weighted by Gasteiger charge is -2.28. The van der Waals surface area contributed by atoms with Crippen molar-refractivity contribution in [2.24, 2.45) is 0 Å². The third-order valence-corrected chi connectivity index (χ3v) is 9.13. The molecule has 1 aliphatic carbocycles. The number of aromatic nitrogens is 1. The number of hydrogen-bond donors (Lipinski definition) is 1. The van der Waals surface area contributed by atoms with Crippen molar-refractivity contribution >= 4 is 33.4 Å². The highest BCUT2D eigenvalue weighted by Gasteiger charge is 2.51. The summed E-state index contributed by atoms with van der Waals surface area (Å²) in [6.07, 6.45) is 1.75. The molecule has 2 aromatic rings. The van der Waals surface area contributed by atoms with E-state index in [9.17, 15) is 23.3 Å². The molecule has 2 fully saturated rings. The molecule has 37 heavy (non-hydrogen) atoms. The van der Waals surface area contributed by atoms with Gasteiger partial charge in [0.2, 0.25) is 5.91 Å². The number of hydrogen-bond acceptors (Lipinski definition) is 7. The van der Waals surface area contributed by atoms with E-state index in [2.05, 4.69) is 16.4 Å². The molecule has 1 aromatic heterocycles. The molecule has 0 radical (unpaired) electrons. The molecular formula is C26H29ClN4O5S. The van der Waals surface area contributed by atoms with Gasteiger partial charge >= 0.3 is 6.09 Å². The summed E-state index contributed by atoms with van der Waals surface area (Å²) < 4.78 is 32.8. The Balaban J connectivity index is 1.63. The summed E-state index contributed by atoms with van der Waals surface area (Å²) in [4.78, 5) is 31.4. The first kappa shape index (κ1) is 26.9. The number of nitriles is 1. The zero-order valence-corrected chi connectivity index (χ0v) is 22.7. The van der Waals surface area contributed by atoms with Gasteiger partial charge in [0.25, 0.3) is 0 Å². The SMILES string of the molecule is Cc1ncccc1-c1ccc(S(=O)(=O)[C@@H]2C[C@@H](C(=O)NC3(C#N)CC3)N(C(=O)OC(C)(C)C)C2)c(Cl)c1. The first-order valence-corrected chi connectivity index (χ1v) is 13.9. The van der Waals surface area contributed by atoms with Crippen LogP contribution in [-0.2, 0) is 19.4 Å².